The molecule has 1 N–H and O–H groups in total. The van der Waals surface area contributed by atoms with E-state index in [1.54, 1.807) is 36.4 Å². The molecule has 0 saturated heterocycles. The zero-order valence-corrected chi connectivity index (χ0v) is 17.1. The first-order chi connectivity index (χ1) is 14.0. The van der Waals surface area contributed by atoms with Crippen molar-refractivity contribution in [3.05, 3.63) is 53.6 Å². The highest BCUT2D eigenvalue weighted by Crippen LogP contribution is 2.19. The number of carbonyl (C=O) groups is 2. The van der Waals surface area contributed by atoms with Crippen molar-refractivity contribution in [1.82, 2.24) is 5.32 Å². The van der Waals surface area contributed by atoms with Gasteiger partial charge in [-0.1, -0.05) is 17.7 Å². The molecule has 0 heterocycles. The van der Waals surface area contributed by atoms with E-state index in [-0.39, 0.29) is 13.2 Å². The predicted octanol–water partition coefficient (Wildman–Crippen LogP) is 3.24. The van der Waals surface area contributed by atoms with Gasteiger partial charge in [0, 0.05) is 5.02 Å². The fourth-order valence-corrected chi connectivity index (χ4v) is 2.44. The molecular formula is C21H24ClNO6. The van der Waals surface area contributed by atoms with Crippen molar-refractivity contribution in [2.24, 2.45) is 0 Å². The highest BCUT2D eigenvalue weighted by atomic mass is 35.5. The van der Waals surface area contributed by atoms with E-state index in [0.717, 1.165) is 5.75 Å². The van der Waals surface area contributed by atoms with Crippen molar-refractivity contribution < 1.29 is 28.5 Å². The zero-order valence-electron chi connectivity index (χ0n) is 16.4. The van der Waals surface area contributed by atoms with Crippen LogP contribution in [0, 0.1) is 0 Å². The van der Waals surface area contributed by atoms with Gasteiger partial charge in [0.05, 0.1) is 13.2 Å². The van der Waals surface area contributed by atoms with Crippen molar-refractivity contribution in [3.8, 4) is 17.2 Å². The maximum atomic E-state index is 11.9. The van der Waals surface area contributed by atoms with Crippen molar-refractivity contribution in [1.29, 1.82) is 0 Å². The summed E-state index contributed by atoms with van der Waals surface area (Å²) in [5.74, 6) is 0.803. The maximum Gasteiger partial charge on any atom is 0.347 e. The Labute approximate surface area is 174 Å². The monoisotopic (exact) mass is 421 g/mol. The summed E-state index contributed by atoms with van der Waals surface area (Å²) >= 11 is 5.86. The van der Waals surface area contributed by atoms with Crippen LogP contribution in [-0.4, -0.2) is 44.3 Å². The van der Waals surface area contributed by atoms with Gasteiger partial charge in [-0.05, 0) is 56.3 Å². The third-order valence-corrected chi connectivity index (χ3v) is 3.85. The summed E-state index contributed by atoms with van der Waals surface area (Å²) in [5.41, 5.74) is 0. The molecule has 0 radical (unpaired) electrons. The first-order valence-corrected chi connectivity index (χ1v) is 9.57. The molecule has 0 aromatic heterocycles. The maximum absolute atomic E-state index is 11.9. The Kier molecular flexibility index (Phi) is 9.11. The van der Waals surface area contributed by atoms with Crippen LogP contribution in [0.3, 0.4) is 0 Å². The fraction of sp³-hybridized carbons (Fsp3) is 0.333. The molecular weight excluding hydrogens is 398 g/mol. The highest BCUT2D eigenvalue weighted by Gasteiger charge is 2.17. The van der Waals surface area contributed by atoms with Crippen LogP contribution in [-0.2, 0) is 14.3 Å². The average molecular weight is 422 g/mol. The summed E-state index contributed by atoms with van der Waals surface area (Å²) in [4.78, 5) is 23.7. The number of amides is 1. The van der Waals surface area contributed by atoms with Gasteiger partial charge in [0.25, 0.3) is 5.91 Å². The number of carbonyl (C=O) groups excluding carboxylic acids is 2. The second kappa shape index (κ2) is 11.8. The summed E-state index contributed by atoms with van der Waals surface area (Å²) in [5, 5.41) is 3.11. The van der Waals surface area contributed by atoms with Crippen LogP contribution in [0.25, 0.3) is 0 Å². The van der Waals surface area contributed by atoms with E-state index in [1.807, 2.05) is 19.1 Å². The smallest absolute Gasteiger partial charge is 0.347 e. The summed E-state index contributed by atoms with van der Waals surface area (Å²) < 4.78 is 21.3. The van der Waals surface area contributed by atoms with Crippen molar-refractivity contribution in [2.75, 3.05) is 26.4 Å². The SMILES string of the molecule is CCOc1ccc(OCCNC(=O)COC(=O)C(C)Oc2cccc(Cl)c2)cc1. The lowest BCUT2D eigenvalue weighted by molar-refractivity contribution is -0.154. The Morgan fingerprint density at radius 2 is 1.72 bits per heavy atom. The van der Waals surface area contributed by atoms with E-state index < -0.39 is 24.6 Å². The molecule has 29 heavy (non-hydrogen) atoms. The number of benzene rings is 2. The van der Waals surface area contributed by atoms with Crippen molar-refractivity contribution in [2.45, 2.75) is 20.0 Å². The zero-order chi connectivity index (χ0) is 21.1. The number of rotatable bonds is 11. The number of hydrogen-bond acceptors (Lipinski definition) is 6. The first-order valence-electron chi connectivity index (χ1n) is 9.19. The molecule has 0 saturated carbocycles. The Morgan fingerprint density at radius 3 is 2.38 bits per heavy atom. The van der Waals surface area contributed by atoms with E-state index in [2.05, 4.69) is 5.32 Å². The molecule has 2 aromatic carbocycles. The van der Waals surface area contributed by atoms with Gasteiger partial charge < -0.3 is 24.3 Å². The highest BCUT2D eigenvalue weighted by molar-refractivity contribution is 6.30. The van der Waals surface area contributed by atoms with Gasteiger partial charge in [0.1, 0.15) is 23.9 Å². The van der Waals surface area contributed by atoms with Crippen LogP contribution < -0.4 is 19.5 Å². The van der Waals surface area contributed by atoms with Gasteiger partial charge in [-0.15, -0.1) is 0 Å². The third-order valence-electron chi connectivity index (χ3n) is 3.61. The van der Waals surface area contributed by atoms with Crippen LogP contribution in [0.4, 0.5) is 0 Å². The minimum absolute atomic E-state index is 0.276. The molecule has 0 spiro atoms. The Hall–Kier alpha value is -2.93. The van der Waals surface area contributed by atoms with Crippen LogP contribution in [0.1, 0.15) is 13.8 Å². The van der Waals surface area contributed by atoms with E-state index >= 15 is 0 Å². The standard InChI is InChI=1S/C21H24ClNO6/c1-3-26-17-7-9-18(10-8-17)27-12-11-23-20(24)14-28-21(25)15(2)29-19-6-4-5-16(22)13-19/h4-10,13,15H,3,11-12,14H2,1-2H3,(H,23,24). The molecule has 0 fully saturated rings. The minimum Gasteiger partial charge on any atom is -0.494 e. The normalized spacial score (nSPS) is 11.3. The third kappa shape index (κ3) is 8.31. The number of esters is 1. The molecule has 0 aliphatic carbocycles. The lowest BCUT2D eigenvalue weighted by Gasteiger charge is -2.14. The quantitative estimate of drug-likeness (QED) is 0.443. The molecule has 1 atom stereocenters. The Morgan fingerprint density at radius 1 is 1.03 bits per heavy atom. The minimum atomic E-state index is -0.871. The predicted molar refractivity (Wildman–Crippen MR) is 109 cm³/mol. The lowest BCUT2D eigenvalue weighted by Crippen LogP contribution is -2.34. The topological polar surface area (TPSA) is 83.1 Å². The van der Waals surface area contributed by atoms with E-state index in [4.69, 9.17) is 30.5 Å². The molecule has 0 aliphatic rings. The largest absolute Gasteiger partial charge is 0.494 e. The van der Waals surface area contributed by atoms with Crippen LogP contribution >= 0.6 is 11.6 Å². The molecule has 0 bridgehead atoms. The molecule has 2 rings (SSSR count). The number of nitrogens with one attached hydrogen (secondary N) is 1. The molecule has 1 amide bonds. The number of halogens is 1. The van der Waals surface area contributed by atoms with Crippen LogP contribution in [0.2, 0.25) is 5.02 Å². The van der Waals surface area contributed by atoms with E-state index in [0.29, 0.717) is 23.1 Å². The second-order valence-electron chi connectivity index (χ2n) is 5.93. The van der Waals surface area contributed by atoms with E-state index in [9.17, 15) is 9.59 Å². The molecule has 156 valence electrons. The summed E-state index contributed by atoms with van der Waals surface area (Å²) in [6.07, 6.45) is -0.871. The van der Waals surface area contributed by atoms with Gasteiger partial charge in [-0.2, -0.15) is 0 Å². The molecule has 1 unspecified atom stereocenters. The molecule has 0 aliphatic heterocycles. The summed E-state index contributed by atoms with van der Waals surface area (Å²) in [7, 11) is 0. The first kappa shape index (κ1) is 22.4. The van der Waals surface area contributed by atoms with Crippen molar-refractivity contribution >= 4 is 23.5 Å². The second-order valence-corrected chi connectivity index (χ2v) is 6.36. The van der Waals surface area contributed by atoms with E-state index in [1.165, 1.54) is 6.92 Å². The Balaban J connectivity index is 1.61. The van der Waals surface area contributed by atoms with Crippen molar-refractivity contribution in [3.63, 3.8) is 0 Å². The van der Waals surface area contributed by atoms with Crippen LogP contribution in [0.15, 0.2) is 48.5 Å². The Bertz CT molecular complexity index is 796. The van der Waals surface area contributed by atoms with Gasteiger partial charge in [0.2, 0.25) is 0 Å². The number of ether oxygens (including phenoxy) is 4. The van der Waals surface area contributed by atoms with Crippen LogP contribution in [0.5, 0.6) is 17.2 Å². The number of hydrogen-bond donors (Lipinski definition) is 1. The van der Waals surface area contributed by atoms with Gasteiger partial charge in [-0.25, -0.2) is 4.79 Å². The van der Waals surface area contributed by atoms with Gasteiger partial charge in [-0.3, -0.25) is 4.79 Å². The molecule has 7 nitrogen and oxygen atoms in total. The average Bonchev–Trinajstić information content (AvgIpc) is 2.70. The van der Waals surface area contributed by atoms with Gasteiger partial charge >= 0.3 is 5.97 Å². The molecule has 2 aromatic rings. The fourth-order valence-electron chi connectivity index (χ4n) is 2.26. The molecule has 8 heteroatoms. The summed E-state index contributed by atoms with van der Waals surface area (Å²) in [6, 6.07) is 13.9. The summed E-state index contributed by atoms with van der Waals surface area (Å²) in [6.45, 7) is 4.21. The van der Waals surface area contributed by atoms with Gasteiger partial charge in [0.15, 0.2) is 12.7 Å². The lowest BCUT2D eigenvalue weighted by atomic mass is 10.3.